The maximum atomic E-state index is 12.3. The Labute approximate surface area is 166 Å². The second-order valence-electron chi connectivity index (χ2n) is 6.16. The summed E-state index contributed by atoms with van der Waals surface area (Å²) in [7, 11) is 0. The molecule has 2 aromatic carbocycles. The highest BCUT2D eigenvalue weighted by Gasteiger charge is 2.15. The number of nitrogens with zero attached hydrogens (tertiary/aromatic N) is 4. The Kier molecular flexibility index (Phi) is 6.38. The SMILES string of the molecule is Cc1ccc(NC(=O)CSC(C)C(=O)Nc2ccc(-n3cnnn3)cc2)cc1. The molecule has 0 aliphatic carbocycles. The average molecular weight is 396 g/mol. The van der Waals surface area contributed by atoms with Crippen LogP contribution in [0.3, 0.4) is 0 Å². The van der Waals surface area contributed by atoms with Gasteiger partial charge in [0.25, 0.3) is 0 Å². The molecule has 0 aliphatic rings. The number of hydrogen-bond donors (Lipinski definition) is 2. The van der Waals surface area contributed by atoms with Crippen LogP contribution in [0.5, 0.6) is 0 Å². The molecule has 0 bridgehead atoms. The molecule has 2 N–H and O–H groups in total. The van der Waals surface area contributed by atoms with Gasteiger partial charge < -0.3 is 10.6 Å². The average Bonchev–Trinajstić information content (AvgIpc) is 3.23. The molecule has 0 saturated heterocycles. The van der Waals surface area contributed by atoms with E-state index in [9.17, 15) is 9.59 Å². The van der Waals surface area contributed by atoms with Crippen LogP contribution >= 0.6 is 11.8 Å². The quantitative estimate of drug-likeness (QED) is 0.637. The minimum absolute atomic E-state index is 0.140. The third-order valence-electron chi connectivity index (χ3n) is 3.92. The van der Waals surface area contributed by atoms with Crippen LogP contribution in [-0.2, 0) is 9.59 Å². The summed E-state index contributed by atoms with van der Waals surface area (Å²) in [6.07, 6.45) is 1.49. The molecule has 1 atom stereocenters. The molecule has 3 aromatic rings. The summed E-state index contributed by atoms with van der Waals surface area (Å²) < 4.78 is 1.52. The summed E-state index contributed by atoms with van der Waals surface area (Å²) in [6, 6.07) is 14.7. The molecule has 1 aromatic heterocycles. The summed E-state index contributed by atoms with van der Waals surface area (Å²) in [5, 5.41) is 16.3. The predicted molar refractivity (Wildman–Crippen MR) is 110 cm³/mol. The standard InChI is InChI=1S/C19H20N6O2S/c1-13-3-5-15(6-4-13)21-18(26)11-28-14(2)19(27)22-16-7-9-17(10-8-16)25-12-20-23-24-25/h3-10,12,14H,11H2,1-2H3,(H,21,26)(H,22,27). The van der Waals surface area contributed by atoms with Gasteiger partial charge in [-0.05, 0) is 60.7 Å². The molecule has 8 nitrogen and oxygen atoms in total. The van der Waals surface area contributed by atoms with Gasteiger partial charge in [-0.1, -0.05) is 17.7 Å². The van der Waals surface area contributed by atoms with E-state index in [1.165, 1.54) is 22.8 Å². The zero-order valence-corrected chi connectivity index (χ0v) is 16.3. The highest BCUT2D eigenvalue weighted by Crippen LogP contribution is 2.17. The van der Waals surface area contributed by atoms with Gasteiger partial charge in [-0.2, -0.15) is 0 Å². The van der Waals surface area contributed by atoms with E-state index < -0.39 is 0 Å². The number of carbonyl (C=O) groups excluding carboxylic acids is 2. The van der Waals surface area contributed by atoms with Crippen LogP contribution in [0, 0.1) is 6.92 Å². The van der Waals surface area contributed by atoms with Crippen molar-refractivity contribution in [3.8, 4) is 5.69 Å². The van der Waals surface area contributed by atoms with Crippen LogP contribution in [0.15, 0.2) is 54.9 Å². The van der Waals surface area contributed by atoms with E-state index in [1.54, 1.807) is 31.2 Å². The maximum Gasteiger partial charge on any atom is 0.237 e. The molecule has 0 saturated carbocycles. The number of aryl methyl sites for hydroxylation is 1. The van der Waals surface area contributed by atoms with E-state index in [4.69, 9.17) is 0 Å². The Morgan fingerprint density at radius 2 is 1.68 bits per heavy atom. The zero-order valence-electron chi connectivity index (χ0n) is 15.5. The number of thioether (sulfide) groups is 1. The Balaban J connectivity index is 1.46. The van der Waals surface area contributed by atoms with Gasteiger partial charge in [0.15, 0.2) is 0 Å². The highest BCUT2D eigenvalue weighted by molar-refractivity contribution is 8.01. The molecule has 0 spiro atoms. The van der Waals surface area contributed by atoms with Crippen LogP contribution in [0.1, 0.15) is 12.5 Å². The summed E-state index contributed by atoms with van der Waals surface area (Å²) in [5.41, 5.74) is 3.33. The molecule has 3 rings (SSSR count). The van der Waals surface area contributed by atoms with Crippen LogP contribution < -0.4 is 10.6 Å². The lowest BCUT2D eigenvalue weighted by atomic mass is 10.2. The van der Waals surface area contributed by atoms with Gasteiger partial charge in [-0.3, -0.25) is 9.59 Å². The van der Waals surface area contributed by atoms with Crippen LogP contribution in [0.4, 0.5) is 11.4 Å². The lowest BCUT2D eigenvalue weighted by Gasteiger charge is -2.12. The first-order valence-corrected chi connectivity index (χ1v) is 9.68. The Hall–Kier alpha value is -3.20. The largest absolute Gasteiger partial charge is 0.325 e. The van der Waals surface area contributed by atoms with Crippen molar-refractivity contribution in [1.29, 1.82) is 0 Å². The van der Waals surface area contributed by atoms with Gasteiger partial charge in [0.1, 0.15) is 6.33 Å². The van der Waals surface area contributed by atoms with E-state index in [0.29, 0.717) is 5.69 Å². The number of anilines is 2. The fourth-order valence-electron chi connectivity index (χ4n) is 2.33. The van der Waals surface area contributed by atoms with E-state index >= 15 is 0 Å². The Morgan fingerprint density at radius 3 is 2.32 bits per heavy atom. The molecule has 2 amide bonds. The number of rotatable bonds is 7. The second kappa shape index (κ2) is 9.14. The fourth-order valence-corrected chi connectivity index (χ4v) is 3.02. The first-order chi connectivity index (χ1) is 13.5. The van der Waals surface area contributed by atoms with Crippen molar-refractivity contribution < 1.29 is 9.59 Å². The third-order valence-corrected chi connectivity index (χ3v) is 5.06. The van der Waals surface area contributed by atoms with Crippen molar-refractivity contribution in [3.63, 3.8) is 0 Å². The molecule has 1 unspecified atom stereocenters. The van der Waals surface area contributed by atoms with Crippen LogP contribution in [-0.4, -0.2) is 43.0 Å². The second-order valence-corrected chi connectivity index (χ2v) is 7.49. The fraction of sp³-hybridized carbons (Fsp3) is 0.211. The molecule has 28 heavy (non-hydrogen) atoms. The van der Waals surface area contributed by atoms with E-state index in [2.05, 4.69) is 26.2 Å². The van der Waals surface area contributed by atoms with Crippen molar-refractivity contribution in [2.24, 2.45) is 0 Å². The van der Waals surface area contributed by atoms with E-state index in [-0.39, 0.29) is 22.8 Å². The lowest BCUT2D eigenvalue weighted by Crippen LogP contribution is -2.25. The van der Waals surface area contributed by atoms with Gasteiger partial charge in [0.05, 0.1) is 16.7 Å². The van der Waals surface area contributed by atoms with Crippen molar-refractivity contribution >= 4 is 35.0 Å². The van der Waals surface area contributed by atoms with Crippen molar-refractivity contribution in [2.45, 2.75) is 19.1 Å². The van der Waals surface area contributed by atoms with Crippen molar-refractivity contribution in [1.82, 2.24) is 20.2 Å². The number of benzene rings is 2. The summed E-state index contributed by atoms with van der Waals surface area (Å²) in [4.78, 5) is 24.4. The molecule has 0 fully saturated rings. The first-order valence-electron chi connectivity index (χ1n) is 8.63. The number of nitrogens with one attached hydrogen (secondary N) is 2. The highest BCUT2D eigenvalue weighted by atomic mass is 32.2. The van der Waals surface area contributed by atoms with E-state index in [1.807, 2.05) is 31.2 Å². The van der Waals surface area contributed by atoms with Gasteiger partial charge in [0.2, 0.25) is 11.8 Å². The molecule has 0 radical (unpaired) electrons. The van der Waals surface area contributed by atoms with Crippen molar-refractivity contribution in [3.05, 3.63) is 60.4 Å². The molecule has 144 valence electrons. The number of hydrogen-bond acceptors (Lipinski definition) is 6. The van der Waals surface area contributed by atoms with E-state index in [0.717, 1.165) is 16.9 Å². The normalized spacial score (nSPS) is 11.6. The summed E-state index contributed by atoms with van der Waals surface area (Å²) in [6.45, 7) is 3.76. The first kappa shape index (κ1) is 19.6. The van der Waals surface area contributed by atoms with Gasteiger partial charge in [0, 0.05) is 11.4 Å². The van der Waals surface area contributed by atoms with Gasteiger partial charge in [-0.15, -0.1) is 16.9 Å². The Bertz CT molecular complexity index is 926. The van der Waals surface area contributed by atoms with Gasteiger partial charge in [-0.25, -0.2) is 4.68 Å². The summed E-state index contributed by atoms with van der Waals surface area (Å²) in [5.74, 6) is -0.108. The lowest BCUT2D eigenvalue weighted by molar-refractivity contribution is -0.115. The zero-order chi connectivity index (χ0) is 19.9. The maximum absolute atomic E-state index is 12.3. The molecule has 9 heteroatoms. The topological polar surface area (TPSA) is 102 Å². The number of tetrazole rings is 1. The van der Waals surface area contributed by atoms with Crippen LogP contribution in [0.25, 0.3) is 5.69 Å². The molecule has 1 heterocycles. The predicted octanol–water partition coefficient (Wildman–Crippen LogP) is 2.67. The third kappa shape index (κ3) is 5.40. The minimum atomic E-state index is -0.372. The molecule has 0 aliphatic heterocycles. The monoisotopic (exact) mass is 396 g/mol. The minimum Gasteiger partial charge on any atom is -0.325 e. The molecular formula is C19H20N6O2S. The number of carbonyl (C=O) groups is 2. The van der Waals surface area contributed by atoms with Crippen molar-refractivity contribution in [2.75, 3.05) is 16.4 Å². The summed E-state index contributed by atoms with van der Waals surface area (Å²) >= 11 is 1.28. The van der Waals surface area contributed by atoms with Crippen LogP contribution in [0.2, 0.25) is 0 Å². The molecular weight excluding hydrogens is 376 g/mol. The Morgan fingerprint density at radius 1 is 1.04 bits per heavy atom. The number of amides is 2. The smallest absolute Gasteiger partial charge is 0.237 e. The number of aromatic nitrogens is 4. The van der Waals surface area contributed by atoms with Gasteiger partial charge >= 0.3 is 0 Å².